The standard InChI is InChI=1S/C5H10.C4H10.C3H8.CHO.3CH3.W/c1-2-4-5-3-1;1-4(2)3;1-3-2;1-2;;;;/h1-5H2;4H,1-3H3;3H2,1-2H3;1H;3*1H3;/q;;;4*-1;. The van der Waals surface area contributed by atoms with Crippen LogP contribution < -0.4 is 0 Å². The number of carbonyl (C=O) groups excluding carboxylic acids is 1. The van der Waals surface area contributed by atoms with Crippen LogP contribution in [0.1, 0.15) is 73.1 Å². The first-order valence-corrected chi connectivity index (χ1v) is 5.88. The molecule has 0 atom stereocenters. The van der Waals surface area contributed by atoms with Gasteiger partial charge in [-0.1, -0.05) is 73.1 Å². The Morgan fingerprint density at radius 3 is 0.889 bits per heavy atom. The van der Waals surface area contributed by atoms with Crippen molar-refractivity contribution in [2.45, 2.75) is 73.1 Å². The second kappa shape index (κ2) is 53.0. The van der Waals surface area contributed by atoms with E-state index in [1.807, 2.05) is 0 Å². The molecule has 1 aliphatic rings. The molecule has 0 N–H and O–H groups in total. The zero-order chi connectivity index (χ0) is 11.8. The largest absolute Gasteiger partial charge is 0.545 e. The van der Waals surface area contributed by atoms with Crippen molar-refractivity contribution in [3.63, 3.8) is 0 Å². The van der Waals surface area contributed by atoms with Gasteiger partial charge in [-0.15, -0.1) is 0 Å². The molecule has 118 valence electrons. The van der Waals surface area contributed by atoms with Crippen LogP contribution in [0.15, 0.2) is 0 Å². The molecule has 0 radical (unpaired) electrons. The molecular formula is C16H38OW-4. The van der Waals surface area contributed by atoms with Gasteiger partial charge in [0.2, 0.25) is 0 Å². The molecule has 1 saturated carbocycles. The molecule has 0 aromatic carbocycles. The minimum Gasteiger partial charge on any atom is -0.545 e. The van der Waals surface area contributed by atoms with Gasteiger partial charge in [0.1, 0.15) is 0 Å². The van der Waals surface area contributed by atoms with Crippen LogP contribution in [0.25, 0.3) is 0 Å². The average molecular weight is 430 g/mol. The van der Waals surface area contributed by atoms with Gasteiger partial charge in [-0.25, -0.2) is 0 Å². The van der Waals surface area contributed by atoms with E-state index in [1.54, 1.807) is 0 Å². The molecule has 0 unspecified atom stereocenters. The first kappa shape index (κ1) is 42.9. The van der Waals surface area contributed by atoms with Gasteiger partial charge in [0.05, 0.1) is 0 Å². The third-order valence-electron chi connectivity index (χ3n) is 1.25. The molecule has 1 rings (SSSR count). The molecule has 18 heavy (non-hydrogen) atoms. The van der Waals surface area contributed by atoms with Crippen molar-refractivity contribution in [1.82, 2.24) is 0 Å². The summed E-state index contributed by atoms with van der Waals surface area (Å²) in [6.45, 7) is 14.0. The van der Waals surface area contributed by atoms with Crippen molar-refractivity contribution in [3.05, 3.63) is 22.3 Å². The second-order valence-electron chi connectivity index (χ2n) is 4.21. The van der Waals surface area contributed by atoms with Crippen molar-refractivity contribution in [3.8, 4) is 0 Å². The van der Waals surface area contributed by atoms with E-state index in [0.29, 0.717) is 0 Å². The van der Waals surface area contributed by atoms with Crippen LogP contribution >= 0.6 is 0 Å². The van der Waals surface area contributed by atoms with E-state index in [1.165, 1.54) is 38.5 Å². The van der Waals surface area contributed by atoms with E-state index in [-0.39, 0.29) is 43.3 Å². The van der Waals surface area contributed by atoms with Crippen molar-refractivity contribution in [2.24, 2.45) is 5.92 Å². The fourth-order valence-electron chi connectivity index (χ4n) is 0.884. The average Bonchev–Trinajstić information content (AvgIpc) is 2.64. The Labute approximate surface area is 134 Å². The Bertz CT molecular complexity index is 61.1. The molecule has 0 amide bonds. The molecule has 0 spiro atoms. The van der Waals surface area contributed by atoms with Gasteiger partial charge in [-0.2, -0.15) is 0 Å². The van der Waals surface area contributed by atoms with E-state index in [2.05, 4.69) is 41.4 Å². The summed E-state index contributed by atoms with van der Waals surface area (Å²) < 4.78 is 0. The first-order valence-electron chi connectivity index (χ1n) is 5.88. The Hall–Kier alpha value is 0.358. The predicted molar refractivity (Wildman–Crippen MR) is 85.6 cm³/mol. The summed E-state index contributed by atoms with van der Waals surface area (Å²) in [5.41, 5.74) is 0. The Morgan fingerprint density at radius 2 is 0.833 bits per heavy atom. The summed E-state index contributed by atoms with van der Waals surface area (Å²) in [4.78, 5) is 7.75. The maximum Gasteiger partial charge on any atom is 0 e. The first-order chi connectivity index (χ1) is 6.65. The van der Waals surface area contributed by atoms with E-state index < -0.39 is 0 Å². The van der Waals surface area contributed by atoms with Gasteiger partial charge in [-0.3, -0.25) is 6.79 Å². The molecular weight excluding hydrogens is 392 g/mol. The van der Waals surface area contributed by atoms with Crippen molar-refractivity contribution < 1.29 is 25.9 Å². The van der Waals surface area contributed by atoms with E-state index in [4.69, 9.17) is 4.79 Å². The van der Waals surface area contributed by atoms with Gasteiger partial charge in [-0.05, 0) is 5.92 Å². The fraction of sp³-hybridized carbons (Fsp3) is 0.750. The molecule has 0 aromatic heterocycles. The summed E-state index contributed by atoms with van der Waals surface area (Å²) in [5.74, 6) is 0.833. The van der Waals surface area contributed by atoms with E-state index >= 15 is 0 Å². The van der Waals surface area contributed by atoms with Gasteiger partial charge in [0.25, 0.3) is 0 Å². The molecule has 2 heteroatoms. The molecule has 0 heterocycles. The number of hydrogen-bond donors (Lipinski definition) is 0. The SMILES string of the molecule is C1CCCC1.CC(C)C.CCC.[CH-]=O.[CH3-].[CH3-].[CH3-].[W]. The van der Waals surface area contributed by atoms with E-state index in [9.17, 15) is 0 Å². The molecule has 1 aliphatic carbocycles. The molecule has 0 saturated heterocycles. The van der Waals surface area contributed by atoms with Crippen molar-refractivity contribution in [1.29, 1.82) is 0 Å². The zero-order valence-electron chi connectivity index (χ0n) is 14.2. The topological polar surface area (TPSA) is 17.1 Å². The predicted octanol–water partition coefficient (Wildman–Crippen LogP) is 6.10. The fourth-order valence-corrected chi connectivity index (χ4v) is 0.884. The van der Waals surface area contributed by atoms with Crippen molar-refractivity contribution in [2.75, 3.05) is 0 Å². The van der Waals surface area contributed by atoms with Crippen LogP contribution in [0, 0.1) is 28.2 Å². The molecule has 0 bridgehead atoms. The number of rotatable bonds is 0. The van der Waals surface area contributed by atoms with Crippen LogP contribution in [0.2, 0.25) is 0 Å². The summed E-state index contributed by atoms with van der Waals surface area (Å²) in [5, 5.41) is 0. The van der Waals surface area contributed by atoms with E-state index in [0.717, 1.165) is 5.92 Å². The Morgan fingerprint density at radius 1 is 0.778 bits per heavy atom. The van der Waals surface area contributed by atoms with Crippen LogP contribution in [-0.4, -0.2) is 6.79 Å². The smallest absolute Gasteiger partial charge is 0 e. The summed E-state index contributed by atoms with van der Waals surface area (Å²) in [6, 6.07) is 0. The minimum absolute atomic E-state index is 0. The second-order valence-corrected chi connectivity index (χ2v) is 4.21. The third kappa shape index (κ3) is 134. The molecule has 0 aromatic rings. The molecule has 0 aliphatic heterocycles. The van der Waals surface area contributed by atoms with Crippen LogP contribution in [0.5, 0.6) is 0 Å². The summed E-state index contributed by atoms with van der Waals surface area (Å²) in [7, 11) is 0. The third-order valence-corrected chi connectivity index (χ3v) is 1.25. The number of hydrogen-bond acceptors (Lipinski definition) is 1. The molecule has 1 nitrogen and oxygen atoms in total. The van der Waals surface area contributed by atoms with Crippen molar-refractivity contribution >= 4 is 6.79 Å². The van der Waals surface area contributed by atoms with Gasteiger partial charge < -0.3 is 27.1 Å². The summed E-state index contributed by atoms with van der Waals surface area (Å²) >= 11 is 0. The minimum atomic E-state index is 0. The maximum absolute atomic E-state index is 7.75. The van der Waals surface area contributed by atoms with Crippen LogP contribution in [-0.2, 0) is 25.9 Å². The van der Waals surface area contributed by atoms with Crippen LogP contribution in [0.3, 0.4) is 0 Å². The normalized spacial score (nSPS) is 9.89. The quantitative estimate of drug-likeness (QED) is 0.335. The zero-order valence-corrected chi connectivity index (χ0v) is 17.1. The maximum atomic E-state index is 7.75. The molecule has 1 fully saturated rings. The summed E-state index contributed by atoms with van der Waals surface area (Å²) in [6.07, 6.45) is 8.75. The van der Waals surface area contributed by atoms with Gasteiger partial charge in [0, 0.05) is 21.1 Å². The van der Waals surface area contributed by atoms with Crippen LogP contribution in [0.4, 0.5) is 0 Å². The monoisotopic (exact) mass is 430 g/mol. The van der Waals surface area contributed by atoms with Gasteiger partial charge in [0.15, 0.2) is 0 Å². The van der Waals surface area contributed by atoms with Gasteiger partial charge >= 0.3 is 0 Å². The Balaban J connectivity index is -0.0000000175. The Kier molecular flexibility index (Phi) is 126.